The van der Waals surface area contributed by atoms with Crippen LogP contribution >= 0.6 is 0 Å². The number of carbonyl (C=O) groups is 1. The van der Waals surface area contributed by atoms with E-state index in [1.807, 2.05) is 7.05 Å². The molecule has 1 fully saturated rings. The third-order valence-corrected chi connectivity index (χ3v) is 4.66. The number of nitrogens with zero attached hydrogens (tertiary/aromatic N) is 1. The Morgan fingerprint density at radius 2 is 2.08 bits per heavy atom. The number of nitrogens with one attached hydrogen (secondary N) is 2. The molecule has 2 aromatic rings. The number of pyridine rings is 1. The third kappa shape index (κ3) is 3.62. The lowest BCUT2D eigenvalue weighted by Gasteiger charge is -2.13. The van der Waals surface area contributed by atoms with Crippen LogP contribution < -0.4 is 21.9 Å². The van der Waals surface area contributed by atoms with Gasteiger partial charge >= 0.3 is 0 Å². The zero-order valence-electron chi connectivity index (χ0n) is 13.9. The van der Waals surface area contributed by atoms with Crippen LogP contribution in [0, 0.1) is 11.7 Å². The van der Waals surface area contributed by atoms with Gasteiger partial charge in [-0.05, 0) is 38.1 Å². The van der Waals surface area contributed by atoms with Gasteiger partial charge < -0.3 is 16.4 Å². The average molecular weight is 344 g/mol. The van der Waals surface area contributed by atoms with Gasteiger partial charge in [-0.1, -0.05) is 6.07 Å². The summed E-state index contributed by atoms with van der Waals surface area (Å²) in [4.78, 5) is 24.2. The molecule has 1 heterocycles. The van der Waals surface area contributed by atoms with E-state index in [4.69, 9.17) is 5.73 Å². The highest BCUT2D eigenvalue weighted by Gasteiger charge is 2.35. The molecule has 1 aromatic carbocycles. The molecule has 0 saturated heterocycles. The maximum Gasteiger partial charge on any atom is 0.255 e. The number of anilines is 1. The molecule has 4 N–H and O–H groups in total. The zero-order chi connectivity index (χ0) is 18.0. The molecule has 25 heavy (non-hydrogen) atoms. The fourth-order valence-corrected chi connectivity index (χ4v) is 3.25. The van der Waals surface area contributed by atoms with Crippen LogP contribution in [0.25, 0.3) is 5.69 Å². The number of rotatable bonds is 4. The molecule has 1 amide bonds. The fourth-order valence-electron chi connectivity index (χ4n) is 3.25. The number of halogens is 1. The van der Waals surface area contributed by atoms with Crippen molar-refractivity contribution in [3.8, 4) is 5.69 Å². The fraction of sp³-hybridized carbons (Fsp3) is 0.333. The molecule has 0 radical (unpaired) electrons. The summed E-state index contributed by atoms with van der Waals surface area (Å²) in [6.07, 6.45) is 2.76. The highest BCUT2D eigenvalue weighted by atomic mass is 19.1. The topological polar surface area (TPSA) is 89.2 Å². The summed E-state index contributed by atoms with van der Waals surface area (Å²) >= 11 is 0. The first-order valence-corrected chi connectivity index (χ1v) is 8.21. The lowest BCUT2D eigenvalue weighted by atomic mass is 10.1. The first-order chi connectivity index (χ1) is 12.0. The molecule has 3 rings (SSSR count). The van der Waals surface area contributed by atoms with Gasteiger partial charge in [0, 0.05) is 36.3 Å². The summed E-state index contributed by atoms with van der Waals surface area (Å²) in [6.45, 7) is 0. The van der Waals surface area contributed by atoms with Crippen molar-refractivity contribution in [2.24, 2.45) is 11.7 Å². The smallest absolute Gasteiger partial charge is 0.255 e. The lowest BCUT2D eigenvalue weighted by Crippen LogP contribution is -2.38. The predicted octanol–water partition coefficient (Wildman–Crippen LogP) is 1.24. The van der Waals surface area contributed by atoms with Gasteiger partial charge in [-0.3, -0.25) is 14.2 Å². The molecule has 0 aliphatic heterocycles. The summed E-state index contributed by atoms with van der Waals surface area (Å²) < 4.78 is 15.7. The van der Waals surface area contributed by atoms with Gasteiger partial charge in [0.15, 0.2) is 0 Å². The van der Waals surface area contributed by atoms with Crippen molar-refractivity contribution in [1.82, 2.24) is 9.88 Å². The first-order valence-electron chi connectivity index (χ1n) is 8.21. The van der Waals surface area contributed by atoms with Crippen molar-refractivity contribution in [1.29, 1.82) is 0 Å². The lowest BCUT2D eigenvalue weighted by molar-refractivity contribution is -0.119. The zero-order valence-corrected chi connectivity index (χ0v) is 13.9. The molecule has 132 valence electrons. The van der Waals surface area contributed by atoms with Gasteiger partial charge in [0.1, 0.15) is 5.82 Å². The van der Waals surface area contributed by atoms with Crippen molar-refractivity contribution < 1.29 is 9.18 Å². The predicted molar refractivity (Wildman–Crippen MR) is 94.2 cm³/mol. The van der Waals surface area contributed by atoms with Crippen molar-refractivity contribution in [3.63, 3.8) is 0 Å². The van der Waals surface area contributed by atoms with Crippen molar-refractivity contribution in [2.45, 2.75) is 24.9 Å². The summed E-state index contributed by atoms with van der Waals surface area (Å²) in [5, 5.41) is 5.72. The molecule has 7 heteroatoms. The van der Waals surface area contributed by atoms with Crippen molar-refractivity contribution >= 4 is 11.6 Å². The minimum absolute atomic E-state index is 0.0853. The van der Waals surface area contributed by atoms with E-state index >= 15 is 0 Å². The van der Waals surface area contributed by atoms with E-state index in [0.717, 1.165) is 0 Å². The number of hydrogen-bond donors (Lipinski definition) is 3. The van der Waals surface area contributed by atoms with Gasteiger partial charge in [-0.25, -0.2) is 4.39 Å². The number of aromatic nitrogens is 1. The second kappa shape index (κ2) is 7.16. The number of carbonyl (C=O) groups excluding carboxylic acids is 1. The van der Waals surface area contributed by atoms with Gasteiger partial charge in [0.25, 0.3) is 5.56 Å². The summed E-state index contributed by atoms with van der Waals surface area (Å²) in [5.74, 6) is -1.07. The molecular formula is C18H21FN4O2. The quantitative estimate of drug-likeness (QED) is 0.779. The molecule has 6 nitrogen and oxygen atoms in total. The Hall–Kier alpha value is -2.51. The average Bonchev–Trinajstić information content (AvgIpc) is 2.98. The Morgan fingerprint density at radius 1 is 1.28 bits per heavy atom. The first kappa shape index (κ1) is 17.3. The number of amides is 1. The summed E-state index contributed by atoms with van der Waals surface area (Å²) in [6, 6.07) is 9.00. The molecule has 0 bridgehead atoms. The Kier molecular flexibility index (Phi) is 4.96. The third-order valence-electron chi connectivity index (χ3n) is 4.66. The van der Waals surface area contributed by atoms with E-state index in [-0.39, 0.29) is 35.2 Å². The van der Waals surface area contributed by atoms with Crippen LogP contribution in [0.3, 0.4) is 0 Å². The Bertz CT molecular complexity index is 836. The van der Waals surface area contributed by atoms with Crippen molar-refractivity contribution in [3.05, 3.63) is 58.8 Å². The molecule has 2 unspecified atom stereocenters. The Morgan fingerprint density at radius 3 is 2.72 bits per heavy atom. The van der Waals surface area contributed by atoms with Crippen LogP contribution in [0.1, 0.15) is 12.8 Å². The molecule has 1 aliphatic rings. The maximum atomic E-state index is 14.4. The number of benzene rings is 1. The number of nitrogens with two attached hydrogens (primary N) is 1. The number of hydrogen-bond acceptors (Lipinski definition) is 4. The molecule has 1 aromatic heterocycles. The monoisotopic (exact) mass is 344 g/mol. The normalized spacial score (nSPS) is 22.8. The van der Waals surface area contributed by atoms with Crippen LogP contribution in [0.4, 0.5) is 10.1 Å². The molecule has 0 spiro atoms. The maximum absolute atomic E-state index is 14.4. The van der Waals surface area contributed by atoms with E-state index < -0.39 is 5.82 Å². The molecule has 1 aliphatic carbocycles. The van der Waals surface area contributed by atoms with Gasteiger partial charge in [0.2, 0.25) is 5.91 Å². The minimum Gasteiger partial charge on any atom is -0.326 e. The minimum atomic E-state index is -0.589. The van der Waals surface area contributed by atoms with Crippen LogP contribution in [-0.2, 0) is 4.79 Å². The van der Waals surface area contributed by atoms with Gasteiger partial charge in [-0.15, -0.1) is 0 Å². The van der Waals surface area contributed by atoms with Crippen molar-refractivity contribution in [2.75, 3.05) is 12.4 Å². The van der Waals surface area contributed by atoms with Gasteiger partial charge in [0.05, 0.1) is 11.4 Å². The highest BCUT2D eigenvalue weighted by molar-refractivity contribution is 5.93. The largest absolute Gasteiger partial charge is 0.326 e. The molecule has 3 atom stereocenters. The van der Waals surface area contributed by atoms with E-state index in [2.05, 4.69) is 10.6 Å². The van der Waals surface area contributed by atoms with E-state index in [1.54, 1.807) is 24.4 Å². The van der Waals surface area contributed by atoms with Crippen LogP contribution in [0.2, 0.25) is 0 Å². The highest BCUT2D eigenvalue weighted by Crippen LogP contribution is 2.27. The molecule has 1 saturated carbocycles. The van der Waals surface area contributed by atoms with E-state index in [0.29, 0.717) is 18.5 Å². The SMILES string of the molecule is CNC1CC(C(=O)Nc2ccc(-n3ccccc3=O)cc2F)C[C@@H]1N. The summed E-state index contributed by atoms with van der Waals surface area (Å²) in [7, 11) is 1.81. The standard InChI is InChI=1S/C18H21FN4O2/c1-21-16-9-11(8-14(16)20)18(25)22-15-6-5-12(10-13(15)19)23-7-3-2-4-17(23)24/h2-7,10-11,14,16,21H,8-9,20H2,1H3,(H,22,25)/t11?,14-,16?/m0/s1. The number of likely N-dealkylation sites (N-methyl/N-ethyl adjacent to an activating group) is 1. The van der Waals surface area contributed by atoms with Crippen LogP contribution in [-0.4, -0.2) is 29.6 Å². The Balaban J connectivity index is 1.75. The van der Waals surface area contributed by atoms with Crippen LogP contribution in [0.15, 0.2) is 47.4 Å². The second-order valence-electron chi connectivity index (χ2n) is 6.29. The van der Waals surface area contributed by atoms with Crippen LogP contribution in [0.5, 0.6) is 0 Å². The second-order valence-corrected chi connectivity index (χ2v) is 6.29. The molecular weight excluding hydrogens is 323 g/mol. The summed E-state index contributed by atoms with van der Waals surface area (Å²) in [5.41, 5.74) is 6.24. The van der Waals surface area contributed by atoms with E-state index in [1.165, 1.54) is 22.8 Å². The van der Waals surface area contributed by atoms with E-state index in [9.17, 15) is 14.0 Å². The van der Waals surface area contributed by atoms with Gasteiger partial charge in [-0.2, -0.15) is 0 Å². The Labute approximate surface area is 144 Å².